The minimum Gasteiger partial charge on any atom is -0.325 e. The van der Waals surface area contributed by atoms with Gasteiger partial charge in [0.25, 0.3) is 5.69 Å². The van der Waals surface area contributed by atoms with Crippen LogP contribution in [-0.4, -0.2) is 61.2 Å². The number of hydrogen-bond donors (Lipinski definition) is 1. The van der Waals surface area contributed by atoms with Gasteiger partial charge in [0.15, 0.2) is 4.90 Å². The van der Waals surface area contributed by atoms with E-state index in [1.54, 1.807) is 24.3 Å². The average molecular weight is 429 g/mol. The van der Waals surface area contributed by atoms with Crippen LogP contribution in [0.3, 0.4) is 0 Å². The molecule has 0 atom stereocenters. The van der Waals surface area contributed by atoms with Crippen molar-refractivity contribution in [3.8, 4) is 6.07 Å². The van der Waals surface area contributed by atoms with Gasteiger partial charge < -0.3 is 5.32 Å². The molecular formula is C19H19N5O5S. The highest BCUT2D eigenvalue weighted by Gasteiger charge is 2.33. The monoisotopic (exact) mass is 429 g/mol. The van der Waals surface area contributed by atoms with E-state index in [9.17, 15) is 23.3 Å². The second-order valence-corrected chi connectivity index (χ2v) is 8.55. The topological polar surface area (TPSA) is 137 Å². The summed E-state index contributed by atoms with van der Waals surface area (Å²) in [5.41, 5.74) is 0.599. The van der Waals surface area contributed by atoms with Crippen LogP contribution in [0.2, 0.25) is 0 Å². The van der Waals surface area contributed by atoms with E-state index in [-0.39, 0.29) is 30.4 Å². The van der Waals surface area contributed by atoms with Crippen LogP contribution >= 0.6 is 0 Å². The Labute approximate surface area is 173 Å². The van der Waals surface area contributed by atoms with Gasteiger partial charge in [0.1, 0.15) is 0 Å². The fraction of sp³-hybridized carbons (Fsp3) is 0.263. The largest absolute Gasteiger partial charge is 0.325 e. The molecule has 30 heavy (non-hydrogen) atoms. The summed E-state index contributed by atoms with van der Waals surface area (Å²) >= 11 is 0. The average Bonchev–Trinajstić information content (AvgIpc) is 2.74. The number of carbonyl (C=O) groups excluding carboxylic acids is 1. The zero-order valence-electron chi connectivity index (χ0n) is 15.9. The SMILES string of the molecule is N#Cc1ccc(NC(=O)CN2CCN(S(=O)(=O)c3ccccc3[N+](=O)[O-])CC2)cc1. The maximum atomic E-state index is 12.8. The smallest absolute Gasteiger partial charge is 0.289 e. The molecule has 1 aliphatic heterocycles. The molecule has 2 aromatic rings. The second-order valence-electron chi connectivity index (χ2n) is 6.64. The summed E-state index contributed by atoms with van der Waals surface area (Å²) in [5.74, 6) is -0.255. The standard InChI is InChI=1S/C19H19N5O5S/c20-13-15-5-7-16(8-6-15)21-19(25)14-22-9-11-23(12-10-22)30(28,29)18-4-2-1-3-17(18)24(26)27/h1-8H,9-12,14H2,(H,21,25). The minimum absolute atomic E-state index is 0.0827. The van der Waals surface area contributed by atoms with E-state index >= 15 is 0 Å². The number of sulfonamides is 1. The molecule has 10 nitrogen and oxygen atoms in total. The van der Waals surface area contributed by atoms with Crippen molar-refractivity contribution in [1.82, 2.24) is 9.21 Å². The van der Waals surface area contributed by atoms with Crippen LogP contribution in [0, 0.1) is 21.4 Å². The molecule has 1 aliphatic rings. The van der Waals surface area contributed by atoms with Crippen LogP contribution in [0.1, 0.15) is 5.56 Å². The summed E-state index contributed by atoms with van der Waals surface area (Å²) in [6.07, 6.45) is 0. The minimum atomic E-state index is -4.01. The van der Waals surface area contributed by atoms with Gasteiger partial charge >= 0.3 is 0 Å². The molecule has 0 saturated carbocycles. The molecule has 156 valence electrons. The first-order valence-corrected chi connectivity index (χ1v) is 10.5. The first-order valence-electron chi connectivity index (χ1n) is 9.07. The molecular weight excluding hydrogens is 410 g/mol. The molecule has 0 aliphatic carbocycles. The van der Waals surface area contributed by atoms with Gasteiger partial charge in [0, 0.05) is 37.9 Å². The summed E-state index contributed by atoms with van der Waals surface area (Å²) < 4.78 is 26.9. The Morgan fingerprint density at radius 1 is 1.10 bits per heavy atom. The molecule has 0 radical (unpaired) electrons. The van der Waals surface area contributed by atoms with Crippen LogP contribution in [0.25, 0.3) is 0 Å². The van der Waals surface area contributed by atoms with Gasteiger partial charge in [0.05, 0.1) is 23.1 Å². The van der Waals surface area contributed by atoms with E-state index in [0.29, 0.717) is 24.3 Å². The van der Waals surface area contributed by atoms with E-state index in [0.717, 1.165) is 6.07 Å². The third-order valence-electron chi connectivity index (χ3n) is 4.68. The highest BCUT2D eigenvalue weighted by Crippen LogP contribution is 2.26. The molecule has 11 heteroatoms. The van der Waals surface area contributed by atoms with Crippen molar-refractivity contribution in [3.05, 3.63) is 64.2 Å². The molecule has 0 bridgehead atoms. The Balaban J connectivity index is 1.58. The van der Waals surface area contributed by atoms with Gasteiger partial charge in [-0.25, -0.2) is 8.42 Å². The number of para-hydroxylation sites is 1. The van der Waals surface area contributed by atoms with Crippen molar-refractivity contribution < 1.29 is 18.1 Å². The highest BCUT2D eigenvalue weighted by atomic mass is 32.2. The first-order chi connectivity index (χ1) is 14.3. The number of piperazine rings is 1. The number of carbonyl (C=O) groups is 1. The summed E-state index contributed by atoms with van der Waals surface area (Å²) in [4.78, 5) is 24.2. The Kier molecular flexibility index (Phi) is 6.41. The maximum absolute atomic E-state index is 12.8. The van der Waals surface area contributed by atoms with Crippen LogP contribution in [0.4, 0.5) is 11.4 Å². The quantitative estimate of drug-likeness (QED) is 0.541. The number of benzene rings is 2. The van der Waals surface area contributed by atoms with E-state index in [2.05, 4.69) is 5.32 Å². The molecule has 1 saturated heterocycles. The summed E-state index contributed by atoms with van der Waals surface area (Å²) in [6, 6.07) is 13.7. The van der Waals surface area contributed by atoms with E-state index in [1.807, 2.05) is 11.0 Å². The number of rotatable bonds is 6. The maximum Gasteiger partial charge on any atom is 0.289 e. The van der Waals surface area contributed by atoms with Crippen molar-refractivity contribution in [3.63, 3.8) is 0 Å². The van der Waals surface area contributed by atoms with Crippen LogP contribution in [0.5, 0.6) is 0 Å². The molecule has 1 N–H and O–H groups in total. The molecule has 1 amide bonds. The zero-order chi connectivity index (χ0) is 21.7. The van der Waals surface area contributed by atoms with Crippen molar-refractivity contribution >= 4 is 27.3 Å². The molecule has 1 fully saturated rings. The van der Waals surface area contributed by atoms with Crippen LogP contribution in [0.15, 0.2) is 53.4 Å². The van der Waals surface area contributed by atoms with Gasteiger partial charge in [-0.3, -0.25) is 19.8 Å². The predicted molar refractivity (Wildman–Crippen MR) is 108 cm³/mol. The van der Waals surface area contributed by atoms with E-state index < -0.39 is 20.6 Å². The number of nitro groups is 1. The number of nitriles is 1. The van der Waals surface area contributed by atoms with Crippen LogP contribution < -0.4 is 5.32 Å². The number of nitro benzene ring substituents is 1. The van der Waals surface area contributed by atoms with Gasteiger partial charge in [-0.05, 0) is 30.3 Å². The third-order valence-corrected chi connectivity index (χ3v) is 6.62. The van der Waals surface area contributed by atoms with Crippen molar-refractivity contribution in [2.24, 2.45) is 0 Å². The lowest BCUT2D eigenvalue weighted by molar-refractivity contribution is -0.387. The summed E-state index contributed by atoms with van der Waals surface area (Å²) in [7, 11) is -4.01. The third kappa shape index (κ3) is 4.80. The Morgan fingerprint density at radius 3 is 2.33 bits per heavy atom. The second kappa shape index (κ2) is 9.00. The Morgan fingerprint density at radius 2 is 1.73 bits per heavy atom. The number of anilines is 1. The summed E-state index contributed by atoms with van der Waals surface area (Å²) in [6.45, 7) is 0.970. The molecule has 0 spiro atoms. The van der Waals surface area contributed by atoms with Crippen molar-refractivity contribution in [1.29, 1.82) is 5.26 Å². The van der Waals surface area contributed by atoms with Gasteiger partial charge in [-0.2, -0.15) is 9.57 Å². The fourth-order valence-corrected chi connectivity index (χ4v) is 4.70. The van der Waals surface area contributed by atoms with Gasteiger partial charge in [0.2, 0.25) is 15.9 Å². The van der Waals surface area contributed by atoms with E-state index in [4.69, 9.17) is 5.26 Å². The Hall–Kier alpha value is -3.33. The molecule has 1 heterocycles. The number of nitrogens with one attached hydrogen (secondary N) is 1. The molecule has 0 unspecified atom stereocenters. The van der Waals surface area contributed by atoms with Gasteiger partial charge in [-0.15, -0.1) is 0 Å². The number of amides is 1. The van der Waals surface area contributed by atoms with Crippen molar-refractivity contribution in [2.45, 2.75) is 4.90 Å². The lowest BCUT2D eigenvalue weighted by Crippen LogP contribution is -2.50. The number of nitrogens with zero attached hydrogens (tertiary/aromatic N) is 4. The normalized spacial score (nSPS) is 15.3. The highest BCUT2D eigenvalue weighted by molar-refractivity contribution is 7.89. The first kappa shape index (κ1) is 21.4. The molecule has 2 aromatic carbocycles. The summed E-state index contributed by atoms with van der Waals surface area (Å²) in [5, 5.41) is 22.7. The predicted octanol–water partition coefficient (Wildman–Crippen LogP) is 1.41. The zero-order valence-corrected chi connectivity index (χ0v) is 16.7. The van der Waals surface area contributed by atoms with Gasteiger partial charge in [-0.1, -0.05) is 12.1 Å². The Bertz CT molecular complexity index is 1090. The van der Waals surface area contributed by atoms with E-state index in [1.165, 1.54) is 22.5 Å². The number of hydrogen-bond acceptors (Lipinski definition) is 7. The van der Waals surface area contributed by atoms with Crippen LogP contribution in [-0.2, 0) is 14.8 Å². The lowest BCUT2D eigenvalue weighted by atomic mass is 10.2. The molecule has 3 rings (SSSR count). The lowest BCUT2D eigenvalue weighted by Gasteiger charge is -2.33. The molecule has 0 aromatic heterocycles. The fourth-order valence-electron chi connectivity index (χ4n) is 3.12. The van der Waals surface area contributed by atoms with Crippen molar-refractivity contribution in [2.75, 3.05) is 38.0 Å².